The van der Waals surface area contributed by atoms with E-state index in [1.165, 1.54) is 20.9 Å². The van der Waals surface area contributed by atoms with Crippen molar-refractivity contribution in [3.63, 3.8) is 0 Å². The van der Waals surface area contributed by atoms with E-state index in [-0.39, 0.29) is 10.6 Å². The van der Waals surface area contributed by atoms with Gasteiger partial charge in [-0.15, -0.1) is 0 Å². The molecule has 1 aliphatic heterocycles. The molecule has 1 saturated heterocycles. The maximum Gasteiger partial charge on any atom is 0.260 e. The van der Waals surface area contributed by atoms with Gasteiger partial charge in [0.1, 0.15) is 0 Å². The summed E-state index contributed by atoms with van der Waals surface area (Å²) in [6.45, 7) is 4.68. The minimum absolute atomic E-state index is 0.0800. The van der Waals surface area contributed by atoms with Crippen molar-refractivity contribution in [1.29, 1.82) is 0 Å². The van der Waals surface area contributed by atoms with E-state index in [0.717, 1.165) is 27.7 Å². The fraction of sp³-hybridized carbons (Fsp3) is 0.300. The molecule has 0 spiro atoms. The summed E-state index contributed by atoms with van der Waals surface area (Å²) >= 11 is 0. The zero-order valence-electron chi connectivity index (χ0n) is 23.1. The summed E-state index contributed by atoms with van der Waals surface area (Å²) in [4.78, 5) is 11.9. The molecule has 1 atom stereocenters. The number of rotatable bonds is 6. The van der Waals surface area contributed by atoms with Crippen LogP contribution in [-0.2, 0) is 36.0 Å². The van der Waals surface area contributed by atoms with Crippen LogP contribution >= 0.6 is 0 Å². The van der Waals surface area contributed by atoms with E-state index in [0.29, 0.717) is 31.6 Å². The van der Waals surface area contributed by atoms with Crippen molar-refractivity contribution in [3.8, 4) is 5.69 Å². The lowest BCUT2D eigenvalue weighted by atomic mass is 9.73. The predicted molar refractivity (Wildman–Crippen MR) is 154 cm³/mol. The van der Waals surface area contributed by atoms with Crippen LogP contribution in [0, 0.1) is 13.8 Å². The molecule has 1 fully saturated rings. The van der Waals surface area contributed by atoms with Crippen LogP contribution in [0.2, 0.25) is 0 Å². The van der Waals surface area contributed by atoms with Crippen molar-refractivity contribution in [3.05, 3.63) is 106 Å². The summed E-state index contributed by atoms with van der Waals surface area (Å²) in [6, 6.07) is 19.5. The second kappa shape index (κ2) is 9.57. The number of pyridine rings is 1. The third-order valence-electron chi connectivity index (χ3n) is 8.07. The van der Waals surface area contributed by atoms with Gasteiger partial charge in [0.25, 0.3) is 10.0 Å². The first-order valence-electron chi connectivity index (χ1n) is 13.3. The third-order valence-corrected chi connectivity index (χ3v) is 9.97. The minimum atomic E-state index is -3.73. The fourth-order valence-electron chi connectivity index (χ4n) is 6.11. The molecule has 1 aliphatic rings. The monoisotopic (exact) mass is 556 g/mol. The van der Waals surface area contributed by atoms with Gasteiger partial charge in [-0.3, -0.25) is 9.48 Å². The van der Waals surface area contributed by atoms with Gasteiger partial charge in [0.2, 0.25) is 5.56 Å². The van der Waals surface area contributed by atoms with Crippen LogP contribution in [0.15, 0.2) is 82.9 Å². The lowest BCUT2D eigenvalue weighted by Crippen LogP contribution is -2.37. The predicted octanol–water partition coefficient (Wildman–Crippen LogP) is 3.65. The van der Waals surface area contributed by atoms with E-state index in [1.54, 1.807) is 43.7 Å². The molecule has 10 heteroatoms. The summed E-state index contributed by atoms with van der Waals surface area (Å²) < 4.78 is 34.0. The molecule has 5 aromatic rings. The summed E-state index contributed by atoms with van der Waals surface area (Å²) in [5.41, 5.74) is 5.28. The summed E-state index contributed by atoms with van der Waals surface area (Å²) in [7, 11) is -0.328. The van der Waals surface area contributed by atoms with Gasteiger partial charge >= 0.3 is 0 Å². The molecule has 0 N–H and O–H groups in total. The molecule has 6 rings (SSSR count). The number of hydrogen-bond acceptors (Lipinski definition) is 5. The number of fused-ring (bicyclic) bond motifs is 1. The van der Waals surface area contributed by atoms with Gasteiger partial charge in [-0.2, -0.15) is 14.5 Å². The van der Waals surface area contributed by atoms with Gasteiger partial charge in [-0.05, 0) is 67.6 Å². The third kappa shape index (κ3) is 4.37. The molecule has 0 saturated carbocycles. The van der Waals surface area contributed by atoms with Crippen molar-refractivity contribution in [2.24, 2.45) is 14.1 Å². The normalized spacial score (nSPS) is 18.1. The number of sulfonamides is 1. The second-order valence-corrected chi connectivity index (χ2v) is 12.8. The van der Waals surface area contributed by atoms with Crippen molar-refractivity contribution in [2.75, 3.05) is 13.1 Å². The van der Waals surface area contributed by atoms with Crippen LogP contribution < -0.4 is 5.56 Å². The molecule has 0 bridgehead atoms. The lowest BCUT2D eigenvalue weighted by Gasteiger charge is -2.32. The van der Waals surface area contributed by atoms with Crippen LogP contribution in [0.4, 0.5) is 0 Å². The zero-order chi connectivity index (χ0) is 28.2. The Morgan fingerprint density at radius 3 is 2.48 bits per heavy atom. The smallest absolute Gasteiger partial charge is 0.260 e. The minimum Gasteiger partial charge on any atom is -0.316 e. The Kier molecular flexibility index (Phi) is 6.27. The Bertz CT molecular complexity index is 1900. The molecule has 0 radical (unpaired) electrons. The van der Waals surface area contributed by atoms with E-state index in [2.05, 4.69) is 41.4 Å². The molecule has 206 valence electrons. The fourth-order valence-corrected chi connectivity index (χ4v) is 7.81. The topological polar surface area (TPSA) is 95.0 Å². The first-order valence-corrected chi connectivity index (χ1v) is 14.7. The summed E-state index contributed by atoms with van der Waals surface area (Å²) in [6.07, 6.45) is 5.01. The molecule has 2 aromatic carbocycles. The molecule has 4 heterocycles. The van der Waals surface area contributed by atoms with E-state index in [1.807, 2.05) is 29.1 Å². The Morgan fingerprint density at radius 2 is 1.77 bits per heavy atom. The average molecular weight is 557 g/mol. The Hall–Kier alpha value is -4.02. The van der Waals surface area contributed by atoms with Gasteiger partial charge in [0, 0.05) is 50.2 Å². The Balaban J connectivity index is 1.45. The Morgan fingerprint density at radius 1 is 1.00 bits per heavy atom. The molecule has 3 aromatic heterocycles. The second-order valence-electron chi connectivity index (χ2n) is 10.9. The van der Waals surface area contributed by atoms with Gasteiger partial charge in [0.05, 0.1) is 23.1 Å². The number of nitrogens with zero attached hydrogens (tertiary/aromatic N) is 6. The molecule has 0 aliphatic carbocycles. The molecular weight excluding hydrogens is 524 g/mol. The van der Waals surface area contributed by atoms with E-state index in [9.17, 15) is 13.2 Å². The van der Waals surface area contributed by atoms with Crippen LogP contribution in [0.5, 0.6) is 0 Å². The van der Waals surface area contributed by atoms with Crippen molar-refractivity contribution < 1.29 is 8.42 Å². The molecule has 0 amide bonds. The van der Waals surface area contributed by atoms with Crippen LogP contribution in [0.3, 0.4) is 0 Å². The number of aryl methyl sites for hydroxylation is 4. The lowest BCUT2D eigenvalue weighted by molar-refractivity contribution is 0.410. The largest absolute Gasteiger partial charge is 0.316 e. The van der Waals surface area contributed by atoms with Crippen molar-refractivity contribution in [1.82, 2.24) is 28.4 Å². The van der Waals surface area contributed by atoms with Gasteiger partial charge in [0.15, 0.2) is 5.03 Å². The molecular formula is C30H32N6O3S. The van der Waals surface area contributed by atoms with Gasteiger partial charge in [-0.25, -0.2) is 13.1 Å². The van der Waals surface area contributed by atoms with Crippen LogP contribution in [-0.4, -0.2) is 49.9 Å². The van der Waals surface area contributed by atoms with Gasteiger partial charge < -0.3 is 4.57 Å². The van der Waals surface area contributed by atoms with Crippen LogP contribution in [0.25, 0.3) is 16.6 Å². The highest BCUT2D eigenvalue weighted by Gasteiger charge is 2.45. The average Bonchev–Trinajstić information content (AvgIpc) is 3.63. The quantitative estimate of drug-likeness (QED) is 0.318. The van der Waals surface area contributed by atoms with Crippen molar-refractivity contribution in [2.45, 2.75) is 37.1 Å². The number of aromatic nitrogens is 5. The first kappa shape index (κ1) is 26.2. The summed E-state index contributed by atoms with van der Waals surface area (Å²) in [5.74, 6) is 0. The van der Waals surface area contributed by atoms with Crippen molar-refractivity contribution >= 4 is 20.9 Å². The van der Waals surface area contributed by atoms with E-state index in [4.69, 9.17) is 0 Å². The summed E-state index contributed by atoms with van der Waals surface area (Å²) in [5, 5.41) is 10.1. The number of benzene rings is 2. The van der Waals surface area contributed by atoms with E-state index >= 15 is 0 Å². The maximum absolute atomic E-state index is 13.8. The number of hydrogen-bond donors (Lipinski definition) is 0. The van der Waals surface area contributed by atoms with Crippen LogP contribution in [0.1, 0.15) is 28.8 Å². The molecule has 9 nitrogen and oxygen atoms in total. The molecule has 1 unspecified atom stereocenters. The molecule has 40 heavy (non-hydrogen) atoms. The maximum atomic E-state index is 13.8. The Labute approximate surface area is 233 Å². The highest BCUT2D eigenvalue weighted by molar-refractivity contribution is 7.89. The van der Waals surface area contributed by atoms with Gasteiger partial charge in [-0.1, -0.05) is 30.3 Å². The highest BCUT2D eigenvalue weighted by atomic mass is 32.2. The highest BCUT2D eigenvalue weighted by Crippen LogP contribution is 2.42. The SMILES string of the molecule is Cc1cc(S(=O)(=O)N2CCC(Cc3ccccc3)(c3cc4cnn(-c5ccc(=O)n(C)c5)c4cc3C)C2)n(C)n1. The van der Waals surface area contributed by atoms with E-state index < -0.39 is 15.4 Å². The first-order chi connectivity index (χ1) is 19.1. The zero-order valence-corrected chi connectivity index (χ0v) is 23.9. The standard InChI is InChI=1S/C30H32N6O3S/c1-21-14-27-24(18-31-36(27)25-10-11-28(37)33(3)19-25)16-26(21)30(17-23-8-6-5-7-9-23)12-13-35(20-30)40(38,39)29-15-22(2)32-34(29)4/h5-11,14-16,18-19H,12-13,17,20H2,1-4H3.